The van der Waals surface area contributed by atoms with Crippen molar-refractivity contribution >= 4 is 34.9 Å². The maximum atomic E-state index is 13.6. The van der Waals surface area contributed by atoms with Crippen LogP contribution in [0.1, 0.15) is 45.7 Å². The Kier molecular flexibility index (Phi) is 9.72. The van der Waals surface area contributed by atoms with Crippen molar-refractivity contribution in [3.05, 3.63) is 107 Å². The number of halogens is 2. The second-order valence-corrected chi connectivity index (χ2v) is 9.51. The maximum Gasteiger partial charge on any atom is 0.339 e. The third kappa shape index (κ3) is 8.34. The molecule has 4 aromatic rings. The van der Waals surface area contributed by atoms with Crippen LogP contribution in [0.4, 0.5) is 31.8 Å². The van der Waals surface area contributed by atoms with Gasteiger partial charge in [-0.15, -0.1) is 6.42 Å². The zero-order valence-corrected chi connectivity index (χ0v) is 22.9. The quantitative estimate of drug-likeness (QED) is 0.195. The molecule has 1 amide bonds. The molecule has 8 nitrogen and oxygen atoms in total. The van der Waals surface area contributed by atoms with E-state index in [1.54, 1.807) is 70.3 Å². The molecule has 0 fully saturated rings. The summed E-state index contributed by atoms with van der Waals surface area (Å²) in [6.07, 6.45) is 8.41. The van der Waals surface area contributed by atoms with Gasteiger partial charge >= 0.3 is 5.97 Å². The SMILES string of the molecule is C#CC(C)(C)NC(=O)c1cccnc1Nc1ccc(C)c(F)c1.Cc1ccc(Nc2ncccc2C(=O)O)cc1F. The van der Waals surface area contributed by atoms with Gasteiger partial charge in [0.15, 0.2) is 0 Å². The Hall–Kier alpha value is -5.30. The Morgan fingerprint density at radius 3 is 1.73 bits per heavy atom. The van der Waals surface area contributed by atoms with Crippen molar-refractivity contribution in [1.29, 1.82) is 0 Å². The topological polar surface area (TPSA) is 116 Å². The molecule has 4 rings (SSSR count). The second kappa shape index (κ2) is 13.2. The number of carboxylic acids is 1. The van der Waals surface area contributed by atoms with E-state index in [1.807, 2.05) is 0 Å². The average Bonchev–Trinajstić information content (AvgIpc) is 2.93. The zero-order chi connectivity index (χ0) is 30.2. The number of hydrogen-bond donors (Lipinski definition) is 4. The number of amides is 1. The number of rotatable bonds is 7. The van der Waals surface area contributed by atoms with Crippen LogP contribution < -0.4 is 16.0 Å². The minimum atomic E-state index is -1.09. The Balaban J connectivity index is 0.000000232. The molecule has 210 valence electrons. The zero-order valence-electron chi connectivity index (χ0n) is 22.9. The van der Waals surface area contributed by atoms with Gasteiger partial charge in [-0.05, 0) is 87.4 Å². The van der Waals surface area contributed by atoms with Crippen LogP contribution in [0.2, 0.25) is 0 Å². The molecular formula is C31H29F2N5O3. The van der Waals surface area contributed by atoms with E-state index in [2.05, 4.69) is 31.8 Å². The molecular weight excluding hydrogens is 528 g/mol. The van der Waals surface area contributed by atoms with Crippen LogP contribution in [-0.2, 0) is 0 Å². The number of pyridine rings is 2. The lowest BCUT2D eigenvalue weighted by molar-refractivity contribution is 0.0697. The summed E-state index contributed by atoms with van der Waals surface area (Å²) >= 11 is 0. The number of hydrogen-bond acceptors (Lipinski definition) is 6. The average molecular weight is 558 g/mol. The third-order valence-corrected chi connectivity index (χ3v) is 5.75. The molecule has 0 unspecified atom stereocenters. The first-order valence-electron chi connectivity index (χ1n) is 12.4. The molecule has 2 aromatic carbocycles. The van der Waals surface area contributed by atoms with Crippen LogP contribution in [0.5, 0.6) is 0 Å². The van der Waals surface area contributed by atoms with Crippen LogP contribution in [0.15, 0.2) is 73.1 Å². The second-order valence-electron chi connectivity index (χ2n) is 9.51. The first-order valence-corrected chi connectivity index (χ1v) is 12.4. The molecule has 41 heavy (non-hydrogen) atoms. The molecule has 0 radical (unpaired) electrons. The van der Waals surface area contributed by atoms with Crippen molar-refractivity contribution < 1.29 is 23.5 Å². The number of carbonyl (C=O) groups excluding carboxylic acids is 1. The number of carbonyl (C=O) groups is 2. The van der Waals surface area contributed by atoms with E-state index >= 15 is 0 Å². The highest BCUT2D eigenvalue weighted by atomic mass is 19.1. The molecule has 2 heterocycles. The minimum Gasteiger partial charge on any atom is -0.478 e. The van der Waals surface area contributed by atoms with Gasteiger partial charge in [-0.25, -0.2) is 23.5 Å². The van der Waals surface area contributed by atoms with Crippen molar-refractivity contribution in [1.82, 2.24) is 15.3 Å². The third-order valence-electron chi connectivity index (χ3n) is 5.75. The van der Waals surface area contributed by atoms with E-state index in [0.717, 1.165) is 0 Å². The summed E-state index contributed by atoms with van der Waals surface area (Å²) in [4.78, 5) is 31.5. The summed E-state index contributed by atoms with van der Waals surface area (Å²) in [7, 11) is 0. The number of aromatic nitrogens is 2. The fourth-order valence-corrected chi connectivity index (χ4v) is 3.37. The van der Waals surface area contributed by atoms with Crippen molar-refractivity contribution in [3.8, 4) is 12.3 Å². The lowest BCUT2D eigenvalue weighted by Gasteiger charge is -2.20. The largest absolute Gasteiger partial charge is 0.478 e. The lowest BCUT2D eigenvalue weighted by atomic mass is 10.1. The molecule has 0 aliphatic heterocycles. The summed E-state index contributed by atoms with van der Waals surface area (Å²) in [5.41, 5.74) is 1.64. The number of nitrogens with zero attached hydrogens (tertiary/aromatic N) is 2. The number of nitrogens with one attached hydrogen (secondary N) is 3. The number of aromatic carboxylic acids is 1. The smallest absolute Gasteiger partial charge is 0.339 e. The Morgan fingerprint density at radius 1 is 0.829 bits per heavy atom. The summed E-state index contributed by atoms with van der Waals surface area (Å²) in [5, 5.41) is 17.5. The molecule has 0 atom stereocenters. The van der Waals surface area contributed by atoms with Crippen LogP contribution in [0.25, 0.3) is 0 Å². The molecule has 10 heteroatoms. The van der Waals surface area contributed by atoms with E-state index < -0.39 is 11.5 Å². The van der Waals surface area contributed by atoms with Crippen LogP contribution in [-0.4, -0.2) is 32.5 Å². The van der Waals surface area contributed by atoms with Gasteiger partial charge in [0.05, 0.1) is 11.1 Å². The van der Waals surface area contributed by atoms with Crippen molar-refractivity contribution in [2.45, 2.75) is 33.2 Å². The highest BCUT2D eigenvalue weighted by molar-refractivity contribution is 6.00. The fourth-order valence-electron chi connectivity index (χ4n) is 3.37. The predicted molar refractivity (Wildman–Crippen MR) is 155 cm³/mol. The van der Waals surface area contributed by atoms with Gasteiger partial charge in [0.1, 0.15) is 28.8 Å². The van der Waals surface area contributed by atoms with Gasteiger partial charge in [0.2, 0.25) is 0 Å². The molecule has 0 spiro atoms. The molecule has 0 saturated heterocycles. The standard InChI is InChI=1S/C18H18FN3O.C13H11FN2O2/c1-5-18(3,4)22-17(23)14-7-6-10-20-16(14)21-13-9-8-12(2)15(19)11-13;1-8-4-5-9(7-11(8)14)16-12-10(13(17)18)3-2-6-15-12/h1,6-11H,2-4H3,(H,20,21)(H,22,23);2-7H,1H3,(H,15,16)(H,17,18). The van der Waals surface area contributed by atoms with E-state index in [4.69, 9.17) is 11.5 Å². The van der Waals surface area contributed by atoms with E-state index in [0.29, 0.717) is 33.9 Å². The molecule has 0 aliphatic rings. The predicted octanol–water partition coefficient (Wildman–Crippen LogP) is 6.39. The van der Waals surface area contributed by atoms with Crippen LogP contribution >= 0.6 is 0 Å². The molecule has 0 bridgehead atoms. The van der Waals surface area contributed by atoms with Crippen molar-refractivity contribution in [2.75, 3.05) is 10.6 Å². The minimum absolute atomic E-state index is 0.0403. The summed E-state index contributed by atoms with van der Waals surface area (Å²) in [6, 6.07) is 15.6. The van der Waals surface area contributed by atoms with Gasteiger partial charge in [-0.1, -0.05) is 18.1 Å². The summed E-state index contributed by atoms with van der Waals surface area (Å²) in [6.45, 7) is 6.79. The van der Waals surface area contributed by atoms with E-state index in [1.165, 1.54) is 30.5 Å². The first kappa shape index (κ1) is 30.2. The highest BCUT2D eigenvalue weighted by Gasteiger charge is 2.21. The number of benzene rings is 2. The first-order chi connectivity index (χ1) is 19.4. The molecule has 0 saturated carbocycles. The van der Waals surface area contributed by atoms with Gasteiger partial charge in [0.25, 0.3) is 5.91 Å². The normalized spacial score (nSPS) is 10.5. The maximum absolute atomic E-state index is 13.6. The van der Waals surface area contributed by atoms with Gasteiger partial charge in [-0.3, -0.25) is 4.79 Å². The van der Waals surface area contributed by atoms with Crippen LogP contribution in [0, 0.1) is 37.8 Å². The number of anilines is 4. The Labute approximate surface area is 236 Å². The van der Waals surface area contributed by atoms with Crippen molar-refractivity contribution in [2.24, 2.45) is 0 Å². The Morgan fingerprint density at radius 2 is 1.29 bits per heavy atom. The van der Waals surface area contributed by atoms with Gasteiger partial charge in [0, 0.05) is 23.8 Å². The van der Waals surface area contributed by atoms with E-state index in [-0.39, 0.29) is 28.9 Å². The molecule has 0 aliphatic carbocycles. The summed E-state index contributed by atoms with van der Waals surface area (Å²) in [5.74, 6) is 0.907. The fraction of sp³-hybridized carbons (Fsp3) is 0.161. The Bertz CT molecular complexity index is 1620. The van der Waals surface area contributed by atoms with E-state index in [9.17, 15) is 18.4 Å². The number of carboxylic acid groups (broad SMARTS) is 1. The monoisotopic (exact) mass is 557 g/mol. The van der Waals surface area contributed by atoms with Gasteiger partial charge in [-0.2, -0.15) is 0 Å². The lowest BCUT2D eigenvalue weighted by Crippen LogP contribution is -2.42. The van der Waals surface area contributed by atoms with Crippen LogP contribution in [0.3, 0.4) is 0 Å². The number of aryl methyl sites for hydroxylation is 2. The van der Waals surface area contributed by atoms with Crippen molar-refractivity contribution in [3.63, 3.8) is 0 Å². The summed E-state index contributed by atoms with van der Waals surface area (Å²) < 4.78 is 27.0. The molecule has 4 N–H and O–H groups in total. The number of terminal acetylenes is 1. The van der Waals surface area contributed by atoms with Gasteiger partial charge < -0.3 is 21.1 Å². The molecule has 2 aromatic heterocycles. The highest BCUT2D eigenvalue weighted by Crippen LogP contribution is 2.22.